The molecule has 45 heavy (non-hydrogen) atoms. The Morgan fingerprint density at radius 2 is 1.49 bits per heavy atom. The number of aryl methyl sites for hydroxylation is 1. The van der Waals surface area contributed by atoms with Crippen molar-refractivity contribution in [2.75, 3.05) is 47.5 Å². The summed E-state index contributed by atoms with van der Waals surface area (Å²) in [5.41, 5.74) is 1.02. The van der Waals surface area contributed by atoms with Crippen LogP contribution in [0.25, 0.3) is 0 Å². The van der Waals surface area contributed by atoms with E-state index in [2.05, 4.69) is 9.97 Å². The van der Waals surface area contributed by atoms with Crippen molar-refractivity contribution in [3.8, 4) is 5.75 Å². The van der Waals surface area contributed by atoms with Crippen molar-refractivity contribution < 1.29 is 32.2 Å². The molecular weight excluding hydrogens is 600 g/mol. The lowest BCUT2D eigenvalue weighted by atomic mass is 9.92. The molecule has 2 amide bonds. The maximum atomic E-state index is 14.0. The van der Waals surface area contributed by atoms with Crippen LogP contribution in [0.1, 0.15) is 90.3 Å². The number of nitrogens with zero attached hydrogens (tertiary/aromatic N) is 6. The van der Waals surface area contributed by atoms with Gasteiger partial charge in [-0.15, -0.1) is 0 Å². The lowest BCUT2D eigenvalue weighted by molar-refractivity contribution is 0.0203. The van der Waals surface area contributed by atoms with E-state index < -0.39 is 33.2 Å². The second-order valence-corrected chi connectivity index (χ2v) is 16.2. The van der Waals surface area contributed by atoms with Crippen LogP contribution in [0.4, 0.5) is 26.9 Å². The quantitative estimate of drug-likeness (QED) is 0.433. The van der Waals surface area contributed by atoms with E-state index in [4.69, 9.17) is 19.2 Å². The molecule has 3 aliphatic rings. The van der Waals surface area contributed by atoms with Crippen molar-refractivity contribution in [2.45, 2.75) is 91.5 Å². The van der Waals surface area contributed by atoms with Crippen molar-refractivity contribution >= 4 is 39.3 Å². The van der Waals surface area contributed by atoms with Gasteiger partial charge in [-0.2, -0.15) is 0 Å². The number of carbonyl (C=O) groups is 2. The number of piperidine rings is 1. The van der Waals surface area contributed by atoms with Crippen LogP contribution in [0.2, 0.25) is 0 Å². The van der Waals surface area contributed by atoms with Gasteiger partial charge in [0.2, 0.25) is 0 Å². The number of hydrogen-bond donors (Lipinski definition) is 0. The van der Waals surface area contributed by atoms with Gasteiger partial charge in [0.1, 0.15) is 29.5 Å². The highest BCUT2D eigenvalue weighted by atomic mass is 32.2. The number of ether oxygens (including phenoxy) is 3. The molecule has 0 N–H and O–H groups in total. The summed E-state index contributed by atoms with van der Waals surface area (Å²) in [7, 11) is -3.13. The van der Waals surface area contributed by atoms with Crippen LogP contribution < -0.4 is 14.5 Å². The molecule has 2 fully saturated rings. The molecule has 5 rings (SSSR count). The van der Waals surface area contributed by atoms with Gasteiger partial charge in [0.25, 0.3) is 0 Å². The van der Waals surface area contributed by atoms with E-state index >= 15 is 0 Å². The van der Waals surface area contributed by atoms with Gasteiger partial charge in [0, 0.05) is 37.8 Å². The molecule has 0 saturated carbocycles. The topological polar surface area (TPSA) is 144 Å². The number of fused-ring (bicyclic) bond motifs is 2. The minimum absolute atomic E-state index is 0.0101. The van der Waals surface area contributed by atoms with E-state index in [1.807, 2.05) is 45.6 Å². The molecule has 13 nitrogen and oxygen atoms in total. The highest BCUT2D eigenvalue weighted by Gasteiger charge is 2.39. The van der Waals surface area contributed by atoms with Gasteiger partial charge in [-0.3, -0.25) is 4.98 Å². The molecule has 1 atom stereocenters. The fourth-order valence-corrected chi connectivity index (χ4v) is 7.01. The molecule has 3 aliphatic heterocycles. The average Bonchev–Trinajstić information content (AvgIpc) is 3.05. The van der Waals surface area contributed by atoms with Gasteiger partial charge in [0.05, 0.1) is 28.5 Å². The number of hydrogen-bond acceptors (Lipinski definition) is 11. The predicted octanol–water partition coefficient (Wildman–Crippen LogP) is 5.06. The Balaban J connectivity index is 1.54. The zero-order valence-corrected chi connectivity index (χ0v) is 28.2. The first-order chi connectivity index (χ1) is 20.9. The summed E-state index contributed by atoms with van der Waals surface area (Å²) in [5.74, 6) is 1.30. The zero-order chi connectivity index (χ0) is 32.9. The molecular formula is C31H44N6O7S. The van der Waals surface area contributed by atoms with Crippen molar-refractivity contribution in [1.82, 2.24) is 19.9 Å². The van der Waals surface area contributed by atoms with Crippen LogP contribution in [0, 0.1) is 6.92 Å². The third-order valence-corrected chi connectivity index (χ3v) is 9.53. The van der Waals surface area contributed by atoms with Crippen LogP contribution in [0.3, 0.4) is 0 Å². The third kappa shape index (κ3) is 7.26. The first kappa shape index (κ1) is 32.7. The molecule has 14 heteroatoms. The molecule has 0 aromatic carbocycles. The maximum Gasteiger partial charge on any atom is 0.420 e. The van der Waals surface area contributed by atoms with Crippen LogP contribution in [0.15, 0.2) is 12.4 Å². The van der Waals surface area contributed by atoms with Crippen molar-refractivity contribution in [1.29, 1.82) is 0 Å². The predicted molar refractivity (Wildman–Crippen MR) is 169 cm³/mol. The van der Waals surface area contributed by atoms with Gasteiger partial charge in [-0.1, -0.05) is 0 Å². The van der Waals surface area contributed by atoms with Crippen LogP contribution >= 0.6 is 0 Å². The highest BCUT2D eigenvalue weighted by molar-refractivity contribution is 7.91. The van der Waals surface area contributed by atoms with Crippen molar-refractivity contribution in [2.24, 2.45) is 0 Å². The molecule has 0 aliphatic carbocycles. The fourth-order valence-electron chi connectivity index (χ4n) is 5.81. The van der Waals surface area contributed by atoms with Crippen molar-refractivity contribution in [3.05, 3.63) is 29.3 Å². The molecule has 2 saturated heterocycles. The number of likely N-dealkylation sites (tertiary alicyclic amines) is 1. The number of aromatic nitrogens is 3. The van der Waals surface area contributed by atoms with Crippen LogP contribution in [-0.2, 0) is 19.3 Å². The summed E-state index contributed by atoms with van der Waals surface area (Å²) in [6.45, 7) is 16.2. The molecule has 0 radical (unpaired) electrons. The van der Waals surface area contributed by atoms with Gasteiger partial charge < -0.3 is 24.0 Å². The van der Waals surface area contributed by atoms with Crippen molar-refractivity contribution in [3.63, 3.8) is 0 Å². The Hall–Kier alpha value is -3.68. The molecule has 1 unspecified atom stereocenters. The number of anilines is 3. The Kier molecular flexibility index (Phi) is 8.66. The summed E-state index contributed by atoms with van der Waals surface area (Å²) in [5, 5.41) is 0. The van der Waals surface area contributed by atoms with E-state index in [9.17, 15) is 18.0 Å². The van der Waals surface area contributed by atoms with E-state index in [1.54, 1.807) is 25.7 Å². The minimum Gasteiger partial charge on any atom is -0.482 e. The Morgan fingerprint density at radius 1 is 0.911 bits per heavy atom. The summed E-state index contributed by atoms with van der Waals surface area (Å²) >= 11 is 0. The van der Waals surface area contributed by atoms with Crippen LogP contribution in [0.5, 0.6) is 5.75 Å². The number of rotatable bonds is 2. The van der Waals surface area contributed by atoms with Gasteiger partial charge >= 0.3 is 12.2 Å². The Labute approximate surface area is 265 Å². The molecule has 0 spiro atoms. The van der Waals surface area contributed by atoms with Gasteiger partial charge in [-0.05, 0) is 74.3 Å². The SMILES string of the molecule is Cc1nc(C2CCN(C(=O)OC(C)(C)C)CC2)cc2c1OC(C)c1c(N3CCS(=O)(=O)CC3)ncnc1N2C(=O)OC(C)(C)C. The minimum atomic E-state index is -3.13. The highest BCUT2D eigenvalue weighted by Crippen LogP contribution is 2.48. The monoisotopic (exact) mass is 644 g/mol. The number of carbonyl (C=O) groups excluding carboxylic acids is 2. The lowest BCUT2D eigenvalue weighted by Gasteiger charge is -2.34. The second-order valence-electron chi connectivity index (χ2n) is 13.9. The molecule has 2 aromatic rings. The smallest absolute Gasteiger partial charge is 0.420 e. The van der Waals surface area contributed by atoms with E-state index in [0.29, 0.717) is 60.3 Å². The first-order valence-corrected chi connectivity index (χ1v) is 17.2. The Morgan fingerprint density at radius 3 is 2.09 bits per heavy atom. The number of pyridine rings is 1. The normalized spacial score (nSPS) is 20.4. The maximum absolute atomic E-state index is 14.0. The second kappa shape index (κ2) is 11.9. The largest absolute Gasteiger partial charge is 0.482 e. The fraction of sp³-hybridized carbons (Fsp3) is 0.645. The Bertz CT molecular complexity index is 1560. The first-order valence-electron chi connectivity index (χ1n) is 15.4. The summed E-state index contributed by atoms with van der Waals surface area (Å²) in [4.78, 5) is 45.8. The summed E-state index contributed by atoms with van der Waals surface area (Å²) < 4.78 is 42.3. The average molecular weight is 645 g/mol. The third-order valence-electron chi connectivity index (χ3n) is 7.92. The number of amides is 2. The molecule has 2 aromatic heterocycles. The summed E-state index contributed by atoms with van der Waals surface area (Å²) in [6, 6.07) is 1.86. The van der Waals surface area contributed by atoms with Gasteiger partial charge in [0.15, 0.2) is 21.4 Å². The van der Waals surface area contributed by atoms with Gasteiger partial charge in [-0.25, -0.2) is 32.9 Å². The summed E-state index contributed by atoms with van der Waals surface area (Å²) in [6.07, 6.45) is 1.18. The molecule has 5 heterocycles. The van der Waals surface area contributed by atoms with E-state index in [-0.39, 0.29) is 36.6 Å². The standard InChI is InChI=1S/C31H44N6O7S/c1-19-25-23(17-22(34-19)21-9-11-36(12-10-21)28(38)43-30(3,4)5)37(29(39)44-31(6,7)8)27-24(20(2)42-25)26(32-18-33-27)35-13-15-45(40,41)16-14-35/h17-18,20-21H,9-16H2,1-8H3. The number of sulfone groups is 1. The zero-order valence-electron chi connectivity index (χ0n) is 27.4. The van der Waals surface area contributed by atoms with Crippen LogP contribution in [-0.4, -0.2) is 89.3 Å². The van der Waals surface area contributed by atoms with E-state index in [0.717, 1.165) is 5.69 Å². The molecule has 0 bridgehead atoms. The van der Waals surface area contributed by atoms with E-state index in [1.165, 1.54) is 11.2 Å². The lowest BCUT2D eigenvalue weighted by Crippen LogP contribution is -2.42. The molecule has 246 valence electrons.